The maximum atomic E-state index is 10.8. The van der Waals surface area contributed by atoms with Gasteiger partial charge in [0.1, 0.15) is 0 Å². The number of esters is 3. The molecule has 0 aromatic carbocycles. The van der Waals surface area contributed by atoms with Gasteiger partial charge in [-0.1, -0.05) is 72.8 Å². The molecule has 0 saturated heterocycles. The molecule has 8 heteroatoms. The molecule has 1 unspecified atom stereocenters. The van der Waals surface area contributed by atoms with Crippen molar-refractivity contribution in [2.45, 2.75) is 59.3 Å². The van der Waals surface area contributed by atoms with Crippen molar-refractivity contribution in [3.8, 4) is 0 Å². The Balaban J connectivity index is -0.000000183. The number of hydrogen-bond acceptors (Lipinski definition) is 7. The topological polar surface area (TPSA) is 116 Å². The maximum Gasteiger partial charge on any atom is 0.330 e. The molecule has 0 fully saturated rings. The zero-order chi connectivity index (χ0) is 26.5. The molecule has 0 amide bonds. The first-order chi connectivity index (χ1) is 15.6. The van der Waals surface area contributed by atoms with Gasteiger partial charge in [0.05, 0.1) is 20.3 Å². The second-order valence-electron chi connectivity index (χ2n) is 6.25. The third kappa shape index (κ3) is 39.8. The quantitative estimate of drug-likeness (QED) is 0.172. The summed E-state index contributed by atoms with van der Waals surface area (Å²) in [6, 6.07) is 0. The number of aliphatic carboxylic acids is 1. The normalized spacial score (nSPS) is 9.33. The van der Waals surface area contributed by atoms with Crippen molar-refractivity contribution < 1.29 is 38.5 Å². The number of methoxy groups -OCH3 is 1. The summed E-state index contributed by atoms with van der Waals surface area (Å²) in [6.45, 7) is 20.1. The lowest BCUT2D eigenvalue weighted by atomic mass is 10.0. The van der Waals surface area contributed by atoms with Crippen molar-refractivity contribution in [3.63, 3.8) is 0 Å². The fraction of sp³-hybridized carbons (Fsp3) is 0.520. The number of unbranched alkanes of at least 4 members (excludes halogenated alkanes) is 2. The van der Waals surface area contributed by atoms with Gasteiger partial charge in [0.15, 0.2) is 0 Å². The van der Waals surface area contributed by atoms with E-state index < -0.39 is 11.9 Å². The molecular weight excluding hydrogens is 428 g/mol. The third-order valence-electron chi connectivity index (χ3n) is 3.62. The van der Waals surface area contributed by atoms with Crippen LogP contribution in [0.25, 0.3) is 0 Å². The SMILES string of the molecule is C=CC(=O)O.C=CC(=O)OC.C=CC(=O)OCC(CC)CCCC.C=CC(=O)OCCCC. The lowest BCUT2D eigenvalue weighted by Crippen LogP contribution is -2.12. The van der Waals surface area contributed by atoms with Crippen LogP contribution in [0.1, 0.15) is 59.3 Å². The van der Waals surface area contributed by atoms with Crippen molar-refractivity contribution in [2.24, 2.45) is 5.92 Å². The number of hydrogen-bond donors (Lipinski definition) is 1. The molecule has 1 N–H and O–H groups in total. The van der Waals surface area contributed by atoms with Gasteiger partial charge in [0.2, 0.25) is 0 Å². The lowest BCUT2D eigenvalue weighted by molar-refractivity contribution is -0.139. The average Bonchev–Trinajstić information content (AvgIpc) is 2.84. The predicted octanol–water partition coefficient (Wildman–Crippen LogP) is 5.05. The summed E-state index contributed by atoms with van der Waals surface area (Å²) in [7, 11) is 1.31. The molecule has 0 heterocycles. The van der Waals surface area contributed by atoms with Crippen LogP contribution in [0.5, 0.6) is 0 Å². The Morgan fingerprint density at radius 1 is 0.788 bits per heavy atom. The summed E-state index contributed by atoms with van der Waals surface area (Å²) in [6.07, 6.45) is 10.9. The molecule has 1 atom stereocenters. The molecule has 33 heavy (non-hydrogen) atoms. The van der Waals surface area contributed by atoms with Gasteiger partial charge in [-0.3, -0.25) is 0 Å². The zero-order valence-electron chi connectivity index (χ0n) is 20.7. The van der Waals surface area contributed by atoms with Gasteiger partial charge >= 0.3 is 23.9 Å². The van der Waals surface area contributed by atoms with E-state index in [1.165, 1.54) is 32.1 Å². The highest BCUT2D eigenvalue weighted by Crippen LogP contribution is 2.12. The highest BCUT2D eigenvalue weighted by molar-refractivity contribution is 5.81. The van der Waals surface area contributed by atoms with Crippen LogP contribution in [0.3, 0.4) is 0 Å². The fourth-order valence-corrected chi connectivity index (χ4v) is 1.62. The molecule has 190 valence electrons. The number of ether oxygens (including phenoxy) is 3. The lowest BCUT2D eigenvalue weighted by Gasteiger charge is -2.13. The second-order valence-corrected chi connectivity index (χ2v) is 6.25. The van der Waals surface area contributed by atoms with Crippen LogP contribution < -0.4 is 0 Å². The monoisotopic (exact) mass is 470 g/mol. The summed E-state index contributed by atoms with van der Waals surface area (Å²) < 4.78 is 13.8. The minimum absolute atomic E-state index is 0.310. The molecule has 0 rings (SSSR count). The van der Waals surface area contributed by atoms with E-state index in [4.69, 9.17) is 9.84 Å². The summed E-state index contributed by atoms with van der Waals surface area (Å²) in [5.74, 6) is -1.50. The maximum absolute atomic E-state index is 10.8. The van der Waals surface area contributed by atoms with Gasteiger partial charge < -0.3 is 19.3 Å². The smallest absolute Gasteiger partial charge is 0.330 e. The van der Waals surface area contributed by atoms with E-state index >= 15 is 0 Å². The molecule has 0 aliphatic heterocycles. The number of carbonyl (C=O) groups excluding carboxylic acids is 3. The van der Waals surface area contributed by atoms with Crippen LogP contribution >= 0.6 is 0 Å². The average molecular weight is 471 g/mol. The molecule has 8 nitrogen and oxygen atoms in total. The molecule has 0 spiro atoms. The van der Waals surface area contributed by atoms with E-state index in [0.717, 1.165) is 37.8 Å². The predicted molar refractivity (Wildman–Crippen MR) is 131 cm³/mol. The highest BCUT2D eigenvalue weighted by atomic mass is 16.5. The van der Waals surface area contributed by atoms with Crippen LogP contribution in [0.2, 0.25) is 0 Å². The Morgan fingerprint density at radius 3 is 1.55 bits per heavy atom. The first-order valence-electron chi connectivity index (χ1n) is 10.8. The van der Waals surface area contributed by atoms with E-state index in [-0.39, 0.29) is 11.9 Å². The highest BCUT2D eigenvalue weighted by Gasteiger charge is 2.07. The Hall–Kier alpha value is -3.16. The van der Waals surface area contributed by atoms with Crippen LogP contribution in [-0.2, 0) is 33.4 Å². The third-order valence-corrected chi connectivity index (χ3v) is 3.62. The van der Waals surface area contributed by atoms with E-state index in [2.05, 4.69) is 49.6 Å². The second kappa shape index (κ2) is 31.0. The molecule has 0 aromatic heterocycles. The molecule has 0 bridgehead atoms. The van der Waals surface area contributed by atoms with E-state index in [1.807, 2.05) is 6.92 Å². The van der Waals surface area contributed by atoms with Crippen LogP contribution in [-0.4, -0.2) is 49.3 Å². The van der Waals surface area contributed by atoms with E-state index in [0.29, 0.717) is 19.1 Å². The van der Waals surface area contributed by atoms with Crippen molar-refractivity contribution in [1.82, 2.24) is 0 Å². The Kier molecular flexibility index (Phi) is 35.0. The van der Waals surface area contributed by atoms with Gasteiger partial charge in [-0.25, -0.2) is 19.2 Å². The Labute approximate surface area is 199 Å². The molecular formula is C25H42O8. The van der Waals surface area contributed by atoms with Crippen LogP contribution in [0.4, 0.5) is 0 Å². The standard InChI is InChI=1S/C11H20O2.C7H12O2.C4H6O2.C3H4O2/c1-4-7-8-10(5-2)9-13-11(12)6-3;1-3-5-6-9-7(8)4-2;1-3-4(5)6-2;1-2-3(4)5/h6,10H,3-5,7-9H2,1-2H3;4H,2-3,5-6H2,1H3;3H,1H2,2H3;2H,1H2,(H,4,5). The largest absolute Gasteiger partial charge is 0.478 e. The molecule has 0 aliphatic carbocycles. The minimum atomic E-state index is -0.981. The Bertz CT molecular complexity index is 567. The van der Waals surface area contributed by atoms with Gasteiger partial charge in [0, 0.05) is 24.3 Å². The number of carbonyl (C=O) groups is 4. The number of carboxylic acid groups (broad SMARTS) is 1. The summed E-state index contributed by atoms with van der Waals surface area (Å²) in [5, 5.41) is 7.60. The van der Waals surface area contributed by atoms with E-state index in [9.17, 15) is 19.2 Å². The van der Waals surface area contributed by atoms with E-state index in [1.54, 1.807) is 0 Å². The van der Waals surface area contributed by atoms with Crippen molar-refractivity contribution in [3.05, 3.63) is 50.6 Å². The molecule has 0 aromatic rings. The van der Waals surface area contributed by atoms with Crippen molar-refractivity contribution >= 4 is 23.9 Å². The van der Waals surface area contributed by atoms with Gasteiger partial charge in [-0.05, 0) is 18.8 Å². The summed E-state index contributed by atoms with van der Waals surface area (Å²) >= 11 is 0. The summed E-state index contributed by atoms with van der Waals surface area (Å²) in [4.78, 5) is 40.2. The van der Waals surface area contributed by atoms with Crippen LogP contribution in [0.15, 0.2) is 50.6 Å². The van der Waals surface area contributed by atoms with Gasteiger partial charge in [-0.2, -0.15) is 0 Å². The van der Waals surface area contributed by atoms with Crippen LogP contribution in [0, 0.1) is 5.92 Å². The molecule has 0 aliphatic rings. The van der Waals surface area contributed by atoms with Crippen molar-refractivity contribution in [1.29, 1.82) is 0 Å². The summed E-state index contributed by atoms with van der Waals surface area (Å²) in [5.41, 5.74) is 0. The fourth-order valence-electron chi connectivity index (χ4n) is 1.62. The van der Waals surface area contributed by atoms with Crippen molar-refractivity contribution in [2.75, 3.05) is 20.3 Å². The zero-order valence-corrected chi connectivity index (χ0v) is 20.7. The first kappa shape index (κ1) is 37.2. The Morgan fingerprint density at radius 2 is 1.24 bits per heavy atom. The number of carboxylic acids is 1. The van der Waals surface area contributed by atoms with Gasteiger partial charge in [-0.15, -0.1) is 0 Å². The van der Waals surface area contributed by atoms with Gasteiger partial charge in [0.25, 0.3) is 0 Å². The first-order valence-corrected chi connectivity index (χ1v) is 10.8. The molecule has 0 radical (unpaired) electrons. The minimum Gasteiger partial charge on any atom is -0.478 e. The number of rotatable bonds is 13. The molecule has 0 saturated carbocycles.